The second-order valence-electron chi connectivity index (χ2n) is 6.54. The highest BCUT2D eigenvalue weighted by Crippen LogP contribution is 2.36. The van der Waals surface area contributed by atoms with Gasteiger partial charge >= 0.3 is 0 Å². The number of benzene rings is 3. The van der Waals surface area contributed by atoms with Crippen LogP contribution in [0.4, 0.5) is 5.69 Å². The van der Waals surface area contributed by atoms with Gasteiger partial charge in [0.05, 0.1) is 5.69 Å². The van der Waals surface area contributed by atoms with Crippen LogP contribution in [0.15, 0.2) is 72.8 Å². The van der Waals surface area contributed by atoms with Crippen molar-refractivity contribution in [1.82, 2.24) is 0 Å². The Bertz CT molecular complexity index is 908. The Hall–Kier alpha value is -3.05. The molecule has 25 heavy (non-hydrogen) atoms. The fourth-order valence-corrected chi connectivity index (χ4v) is 3.69. The standard InChI is InChI=1S/C23H20N2/c24-17-25-14-13-20-11-12-21(15-18-7-3-1-4-8-18)22(23(20)25)16-19-9-5-2-6-10-19/h1-12H,13-16H2. The number of nitrogens with zero attached hydrogens (tertiary/aromatic N) is 2. The topological polar surface area (TPSA) is 27.0 Å². The lowest BCUT2D eigenvalue weighted by Gasteiger charge is -2.19. The monoisotopic (exact) mass is 324 g/mol. The molecule has 0 saturated carbocycles. The first-order valence-corrected chi connectivity index (χ1v) is 8.74. The number of nitriles is 1. The molecule has 1 aliphatic heterocycles. The minimum absolute atomic E-state index is 0.794. The van der Waals surface area contributed by atoms with E-state index in [1.54, 1.807) is 0 Å². The van der Waals surface area contributed by atoms with E-state index in [1.807, 2.05) is 11.0 Å². The predicted octanol–water partition coefficient (Wildman–Crippen LogP) is 4.71. The third kappa shape index (κ3) is 3.14. The molecule has 0 spiro atoms. The second kappa shape index (κ2) is 6.83. The van der Waals surface area contributed by atoms with E-state index in [9.17, 15) is 5.26 Å². The zero-order valence-electron chi connectivity index (χ0n) is 14.2. The van der Waals surface area contributed by atoms with E-state index >= 15 is 0 Å². The maximum atomic E-state index is 9.56. The van der Waals surface area contributed by atoms with E-state index < -0.39 is 0 Å². The molecule has 4 rings (SSSR count). The van der Waals surface area contributed by atoms with Gasteiger partial charge in [0, 0.05) is 6.54 Å². The molecule has 1 aliphatic rings. The number of anilines is 1. The van der Waals surface area contributed by atoms with Gasteiger partial charge in [0.2, 0.25) is 0 Å². The van der Waals surface area contributed by atoms with Crippen molar-refractivity contribution in [3.63, 3.8) is 0 Å². The first kappa shape index (κ1) is 15.5. The summed E-state index contributed by atoms with van der Waals surface area (Å²) in [6, 6.07) is 25.6. The van der Waals surface area contributed by atoms with Crippen LogP contribution >= 0.6 is 0 Å². The lowest BCUT2D eigenvalue weighted by molar-refractivity contribution is 0.994. The Morgan fingerprint density at radius 2 is 1.44 bits per heavy atom. The van der Waals surface area contributed by atoms with E-state index in [-0.39, 0.29) is 0 Å². The Labute approximate surface area is 149 Å². The summed E-state index contributed by atoms with van der Waals surface area (Å²) in [5.74, 6) is 0. The summed E-state index contributed by atoms with van der Waals surface area (Å²) in [5.41, 5.74) is 7.64. The highest BCUT2D eigenvalue weighted by molar-refractivity contribution is 5.69. The predicted molar refractivity (Wildman–Crippen MR) is 102 cm³/mol. The summed E-state index contributed by atoms with van der Waals surface area (Å²) < 4.78 is 0. The molecular weight excluding hydrogens is 304 g/mol. The van der Waals surface area contributed by atoms with Crippen molar-refractivity contribution < 1.29 is 0 Å². The largest absolute Gasteiger partial charge is 0.279 e. The van der Waals surface area contributed by atoms with Crippen LogP contribution in [-0.4, -0.2) is 6.54 Å². The molecule has 0 saturated heterocycles. The highest BCUT2D eigenvalue weighted by atomic mass is 15.1. The first-order valence-electron chi connectivity index (χ1n) is 8.74. The number of hydrogen-bond acceptors (Lipinski definition) is 2. The van der Waals surface area contributed by atoms with Gasteiger partial charge in [-0.2, -0.15) is 5.26 Å². The van der Waals surface area contributed by atoms with E-state index in [2.05, 4.69) is 72.9 Å². The quantitative estimate of drug-likeness (QED) is 0.650. The molecule has 0 atom stereocenters. The smallest absolute Gasteiger partial charge is 0.184 e. The minimum atomic E-state index is 0.794. The maximum absolute atomic E-state index is 9.56. The third-order valence-electron chi connectivity index (χ3n) is 4.92. The van der Waals surface area contributed by atoms with Gasteiger partial charge in [0.1, 0.15) is 0 Å². The Balaban J connectivity index is 1.79. The Morgan fingerprint density at radius 3 is 2.08 bits per heavy atom. The summed E-state index contributed by atoms with van der Waals surface area (Å²) in [4.78, 5) is 1.86. The molecule has 1 heterocycles. The molecule has 0 bridgehead atoms. The van der Waals surface area contributed by atoms with E-state index in [0.717, 1.165) is 31.5 Å². The van der Waals surface area contributed by atoms with Crippen molar-refractivity contribution >= 4 is 5.69 Å². The number of hydrogen-bond donors (Lipinski definition) is 0. The first-order chi connectivity index (χ1) is 12.3. The van der Waals surface area contributed by atoms with Gasteiger partial charge in [-0.25, -0.2) is 0 Å². The fourth-order valence-electron chi connectivity index (χ4n) is 3.69. The van der Waals surface area contributed by atoms with Crippen LogP contribution in [0.5, 0.6) is 0 Å². The van der Waals surface area contributed by atoms with Gasteiger partial charge < -0.3 is 0 Å². The van der Waals surface area contributed by atoms with E-state index in [1.165, 1.54) is 27.8 Å². The van der Waals surface area contributed by atoms with Crippen molar-refractivity contribution in [2.75, 3.05) is 11.4 Å². The van der Waals surface area contributed by atoms with Gasteiger partial charge in [0.15, 0.2) is 6.19 Å². The normalized spacial score (nSPS) is 12.7. The zero-order chi connectivity index (χ0) is 17.1. The molecule has 0 aliphatic carbocycles. The molecule has 3 aromatic rings. The molecule has 2 nitrogen and oxygen atoms in total. The Morgan fingerprint density at radius 1 is 0.800 bits per heavy atom. The average Bonchev–Trinajstić information content (AvgIpc) is 3.09. The van der Waals surface area contributed by atoms with Crippen LogP contribution in [0.25, 0.3) is 0 Å². The van der Waals surface area contributed by atoms with Crippen LogP contribution < -0.4 is 4.90 Å². The molecule has 0 fully saturated rings. The van der Waals surface area contributed by atoms with Crippen LogP contribution in [-0.2, 0) is 19.3 Å². The molecule has 2 heteroatoms. The molecule has 122 valence electrons. The highest BCUT2D eigenvalue weighted by Gasteiger charge is 2.24. The van der Waals surface area contributed by atoms with Gasteiger partial charge in [-0.15, -0.1) is 0 Å². The third-order valence-corrected chi connectivity index (χ3v) is 4.92. The van der Waals surface area contributed by atoms with Crippen LogP contribution in [0.2, 0.25) is 0 Å². The van der Waals surface area contributed by atoms with E-state index in [4.69, 9.17) is 0 Å². The van der Waals surface area contributed by atoms with Crippen molar-refractivity contribution in [3.05, 3.63) is 101 Å². The molecule has 0 unspecified atom stereocenters. The average molecular weight is 324 g/mol. The summed E-state index contributed by atoms with van der Waals surface area (Å²) in [6.07, 6.45) is 5.09. The molecule has 0 radical (unpaired) electrons. The summed E-state index contributed by atoms with van der Waals surface area (Å²) in [6.45, 7) is 0.794. The van der Waals surface area contributed by atoms with Crippen molar-refractivity contribution in [2.24, 2.45) is 0 Å². The van der Waals surface area contributed by atoms with Gasteiger partial charge in [-0.3, -0.25) is 4.90 Å². The fraction of sp³-hybridized carbons (Fsp3) is 0.174. The summed E-state index contributed by atoms with van der Waals surface area (Å²) in [5, 5.41) is 9.56. The minimum Gasteiger partial charge on any atom is -0.279 e. The molecule has 3 aromatic carbocycles. The molecule has 0 aromatic heterocycles. The zero-order valence-corrected chi connectivity index (χ0v) is 14.2. The summed E-state index contributed by atoms with van der Waals surface area (Å²) in [7, 11) is 0. The lowest BCUT2D eigenvalue weighted by atomic mass is 9.91. The number of rotatable bonds is 4. The Kier molecular flexibility index (Phi) is 4.23. The van der Waals surface area contributed by atoms with Gasteiger partial charge in [-0.1, -0.05) is 72.8 Å². The van der Waals surface area contributed by atoms with E-state index in [0.29, 0.717) is 0 Å². The van der Waals surface area contributed by atoms with Gasteiger partial charge in [0.25, 0.3) is 0 Å². The molecule has 0 amide bonds. The van der Waals surface area contributed by atoms with Crippen molar-refractivity contribution in [3.8, 4) is 6.19 Å². The van der Waals surface area contributed by atoms with Gasteiger partial charge in [-0.05, 0) is 47.1 Å². The van der Waals surface area contributed by atoms with Crippen LogP contribution in [0.1, 0.15) is 27.8 Å². The second-order valence-corrected chi connectivity index (χ2v) is 6.54. The lowest BCUT2D eigenvalue weighted by Crippen LogP contribution is -2.15. The molecule has 0 N–H and O–H groups in total. The molecular formula is C23H20N2. The van der Waals surface area contributed by atoms with Crippen LogP contribution in [0.3, 0.4) is 0 Å². The van der Waals surface area contributed by atoms with Crippen molar-refractivity contribution in [2.45, 2.75) is 19.3 Å². The van der Waals surface area contributed by atoms with Crippen molar-refractivity contribution in [1.29, 1.82) is 5.26 Å². The SMILES string of the molecule is N#CN1CCc2ccc(Cc3ccccc3)c(Cc3ccccc3)c21. The summed E-state index contributed by atoms with van der Waals surface area (Å²) >= 11 is 0. The number of fused-ring (bicyclic) bond motifs is 1. The maximum Gasteiger partial charge on any atom is 0.184 e. The van der Waals surface area contributed by atoms with Crippen LogP contribution in [0, 0.1) is 11.5 Å².